The molecule has 4 aromatic heterocycles. The van der Waals surface area contributed by atoms with E-state index < -0.39 is 0 Å². The van der Waals surface area contributed by atoms with Crippen molar-refractivity contribution >= 4 is 87.4 Å². The molecule has 0 aliphatic carbocycles. The van der Waals surface area contributed by atoms with Crippen LogP contribution in [0, 0.1) is 11.3 Å². The van der Waals surface area contributed by atoms with Crippen LogP contribution in [0.3, 0.4) is 0 Å². The van der Waals surface area contributed by atoms with Gasteiger partial charge < -0.3 is 18.1 Å². The zero-order valence-electron chi connectivity index (χ0n) is 35.5. The minimum absolute atomic E-state index is 0.634. The van der Waals surface area contributed by atoms with Crippen LogP contribution in [0.2, 0.25) is 0 Å². The highest BCUT2D eigenvalue weighted by molar-refractivity contribution is 6.26. The average Bonchev–Trinajstić information content (AvgIpc) is 4.12. The number of hydrogen-bond donors (Lipinski definition) is 0. The molecular weight excluding hydrogens is 805 g/mol. The van der Waals surface area contributed by atoms with Crippen molar-refractivity contribution in [3.05, 3.63) is 224 Å². The van der Waals surface area contributed by atoms with E-state index in [1.165, 1.54) is 27.2 Å². The van der Waals surface area contributed by atoms with Gasteiger partial charge in [-0.1, -0.05) is 146 Å². The van der Waals surface area contributed by atoms with Gasteiger partial charge in [0.25, 0.3) is 0 Å². The number of furan rings is 1. The molecule has 0 fully saturated rings. The fraction of sp³-hybridized carbons (Fsp3) is 0. The van der Waals surface area contributed by atoms with Crippen LogP contribution in [0.1, 0.15) is 5.56 Å². The van der Waals surface area contributed by atoms with Gasteiger partial charge in [0.05, 0.1) is 38.7 Å². The lowest BCUT2D eigenvalue weighted by Crippen LogP contribution is -2.01. The maximum atomic E-state index is 11.1. The predicted octanol–water partition coefficient (Wildman–Crippen LogP) is 16.1. The predicted molar refractivity (Wildman–Crippen MR) is 272 cm³/mol. The Morgan fingerprint density at radius 2 is 0.909 bits per heavy atom. The average molecular weight is 841 g/mol. The summed E-state index contributed by atoms with van der Waals surface area (Å²) in [5.74, 6) is 0. The molecule has 0 radical (unpaired) electrons. The molecule has 0 unspecified atom stereocenters. The van der Waals surface area contributed by atoms with Gasteiger partial charge in [-0.25, -0.2) is 0 Å². The molecule has 0 saturated carbocycles. The molecular formula is C61H36N4O. The number of aromatic nitrogens is 3. The summed E-state index contributed by atoms with van der Waals surface area (Å²) in [5.41, 5.74) is 15.8. The Kier molecular flexibility index (Phi) is 7.69. The van der Waals surface area contributed by atoms with E-state index in [1.54, 1.807) is 0 Å². The van der Waals surface area contributed by atoms with Crippen LogP contribution >= 0.6 is 0 Å². The zero-order chi connectivity index (χ0) is 43.5. The standard InChI is InChI=1S/C61H36N4O/c62-37-52-43(38-16-3-1-4-17-38)24-15-25-44(52)39-32-41(34-42(33-39)64-53-26-11-8-21-46(53)50-35-51-47-22-10-14-29-58(47)66-59(51)36-57(50)64)63-55-28-13-9-23-49(55)60-56(63)31-30-48-45-20-7-12-27-54(45)65(61(48)60)40-18-5-2-6-19-40/h1-36H. The molecule has 14 rings (SSSR count). The number of fused-ring (bicyclic) bond motifs is 13. The lowest BCUT2D eigenvalue weighted by atomic mass is 9.92. The molecule has 306 valence electrons. The first kappa shape index (κ1) is 36.4. The first-order valence-electron chi connectivity index (χ1n) is 22.3. The molecule has 10 aromatic carbocycles. The maximum absolute atomic E-state index is 11.1. The summed E-state index contributed by atoms with van der Waals surface area (Å²) in [5, 5.41) is 20.3. The number of hydrogen-bond acceptors (Lipinski definition) is 2. The molecule has 0 saturated heterocycles. The van der Waals surface area contributed by atoms with Gasteiger partial charge in [-0.15, -0.1) is 0 Å². The van der Waals surface area contributed by atoms with Crippen molar-refractivity contribution < 1.29 is 4.42 Å². The Morgan fingerprint density at radius 3 is 1.64 bits per heavy atom. The van der Waals surface area contributed by atoms with E-state index in [9.17, 15) is 5.26 Å². The summed E-state index contributed by atoms with van der Waals surface area (Å²) < 4.78 is 13.8. The molecule has 0 N–H and O–H groups in total. The highest BCUT2D eigenvalue weighted by Gasteiger charge is 2.24. The first-order valence-corrected chi connectivity index (χ1v) is 22.3. The van der Waals surface area contributed by atoms with E-state index in [0.29, 0.717) is 5.56 Å². The molecule has 66 heavy (non-hydrogen) atoms. The normalized spacial score (nSPS) is 11.9. The Labute approximate surface area is 378 Å². The molecule has 0 bridgehead atoms. The molecule has 0 aliphatic heterocycles. The van der Waals surface area contributed by atoms with Crippen LogP contribution in [0.5, 0.6) is 0 Å². The van der Waals surface area contributed by atoms with Crippen molar-refractivity contribution in [3.8, 4) is 45.4 Å². The lowest BCUT2D eigenvalue weighted by molar-refractivity contribution is 0.669. The van der Waals surface area contributed by atoms with Crippen LogP contribution in [-0.4, -0.2) is 13.7 Å². The van der Waals surface area contributed by atoms with Gasteiger partial charge in [0.15, 0.2) is 0 Å². The maximum Gasteiger partial charge on any atom is 0.137 e. The van der Waals surface area contributed by atoms with Crippen molar-refractivity contribution in [2.24, 2.45) is 0 Å². The number of rotatable bonds is 5. The van der Waals surface area contributed by atoms with Crippen LogP contribution in [-0.2, 0) is 0 Å². The van der Waals surface area contributed by atoms with Crippen molar-refractivity contribution in [1.29, 1.82) is 5.26 Å². The molecule has 14 aromatic rings. The quantitative estimate of drug-likeness (QED) is 0.173. The highest BCUT2D eigenvalue weighted by atomic mass is 16.3. The second-order valence-corrected chi connectivity index (χ2v) is 17.2. The van der Waals surface area contributed by atoms with Gasteiger partial charge in [-0.05, 0) is 77.9 Å². The monoisotopic (exact) mass is 840 g/mol. The lowest BCUT2D eigenvalue weighted by Gasteiger charge is -2.17. The van der Waals surface area contributed by atoms with Gasteiger partial charge in [0, 0.05) is 77.3 Å². The van der Waals surface area contributed by atoms with E-state index in [-0.39, 0.29) is 0 Å². The first-order chi connectivity index (χ1) is 32.7. The Morgan fingerprint density at radius 1 is 0.333 bits per heavy atom. The number of nitriles is 1. The topological polar surface area (TPSA) is 51.7 Å². The summed E-state index contributed by atoms with van der Waals surface area (Å²) in [7, 11) is 0. The number of benzene rings is 10. The van der Waals surface area contributed by atoms with Crippen LogP contribution in [0.4, 0.5) is 0 Å². The van der Waals surface area contributed by atoms with Crippen molar-refractivity contribution in [1.82, 2.24) is 13.7 Å². The van der Waals surface area contributed by atoms with Crippen LogP contribution < -0.4 is 0 Å². The van der Waals surface area contributed by atoms with Gasteiger partial charge in [-0.2, -0.15) is 5.26 Å². The Hall–Kier alpha value is -9.11. The van der Waals surface area contributed by atoms with Gasteiger partial charge in [0.2, 0.25) is 0 Å². The van der Waals surface area contributed by atoms with E-state index in [0.717, 1.165) is 99.5 Å². The van der Waals surface area contributed by atoms with Gasteiger partial charge in [0.1, 0.15) is 17.2 Å². The molecule has 0 spiro atoms. The number of nitrogens with zero attached hydrogens (tertiary/aromatic N) is 4. The molecule has 0 atom stereocenters. The summed E-state index contributed by atoms with van der Waals surface area (Å²) >= 11 is 0. The van der Waals surface area contributed by atoms with Gasteiger partial charge in [-0.3, -0.25) is 0 Å². The van der Waals surface area contributed by atoms with E-state index in [4.69, 9.17) is 4.42 Å². The molecule has 4 heterocycles. The van der Waals surface area contributed by atoms with Crippen LogP contribution in [0.15, 0.2) is 223 Å². The summed E-state index contributed by atoms with van der Waals surface area (Å²) in [4.78, 5) is 0. The van der Waals surface area contributed by atoms with Crippen molar-refractivity contribution in [2.75, 3.05) is 0 Å². The minimum Gasteiger partial charge on any atom is -0.456 e. The van der Waals surface area contributed by atoms with Crippen molar-refractivity contribution in [2.45, 2.75) is 0 Å². The molecule has 5 heteroatoms. The second kappa shape index (κ2) is 13.9. The molecule has 0 aliphatic rings. The van der Waals surface area contributed by atoms with Gasteiger partial charge >= 0.3 is 0 Å². The fourth-order valence-corrected chi connectivity index (χ4v) is 10.9. The van der Waals surface area contributed by atoms with E-state index >= 15 is 0 Å². The minimum atomic E-state index is 0.634. The third-order valence-electron chi connectivity index (χ3n) is 13.6. The summed E-state index contributed by atoms with van der Waals surface area (Å²) in [6.45, 7) is 0. The SMILES string of the molecule is N#Cc1c(-c2ccccc2)cccc1-c1cc(-n2c3ccccc3c3cc4c(cc32)oc2ccccc24)cc(-n2c3ccccc3c3c2ccc2c4ccccc4n(-c4ccccc4)c23)c1. The highest BCUT2D eigenvalue weighted by Crippen LogP contribution is 2.45. The second-order valence-electron chi connectivity index (χ2n) is 17.2. The molecule has 5 nitrogen and oxygen atoms in total. The smallest absolute Gasteiger partial charge is 0.137 e. The van der Waals surface area contributed by atoms with Crippen molar-refractivity contribution in [3.63, 3.8) is 0 Å². The number of para-hydroxylation sites is 5. The Bertz CT molecular complexity index is 4350. The fourth-order valence-electron chi connectivity index (χ4n) is 10.9. The zero-order valence-corrected chi connectivity index (χ0v) is 35.5. The Balaban J connectivity index is 1.12. The molecule has 0 amide bonds. The summed E-state index contributed by atoms with van der Waals surface area (Å²) in [6.07, 6.45) is 0. The van der Waals surface area contributed by atoms with E-state index in [1.807, 2.05) is 30.3 Å². The third kappa shape index (κ3) is 5.15. The third-order valence-corrected chi connectivity index (χ3v) is 13.6. The largest absolute Gasteiger partial charge is 0.456 e. The summed E-state index contributed by atoms with van der Waals surface area (Å²) in [6, 6.07) is 80.1. The van der Waals surface area contributed by atoms with E-state index in [2.05, 4.69) is 208 Å². The van der Waals surface area contributed by atoms with Crippen LogP contribution in [0.25, 0.3) is 127 Å².